The third kappa shape index (κ3) is 3.55. The zero-order chi connectivity index (χ0) is 11.3. The van der Waals surface area contributed by atoms with E-state index in [0.29, 0.717) is 13.2 Å². The molecule has 0 aliphatic carbocycles. The summed E-state index contributed by atoms with van der Waals surface area (Å²) in [4.78, 5) is 10.2. The van der Waals surface area contributed by atoms with Crippen molar-refractivity contribution in [3.63, 3.8) is 0 Å². The molecule has 0 aromatic heterocycles. The van der Waals surface area contributed by atoms with E-state index in [9.17, 15) is 10.1 Å². The van der Waals surface area contributed by atoms with E-state index in [1.165, 1.54) is 12.1 Å². The average molecular weight is 229 g/mol. The van der Waals surface area contributed by atoms with Gasteiger partial charge in [-0.05, 0) is 11.1 Å². The van der Waals surface area contributed by atoms with Gasteiger partial charge in [0.15, 0.2) is 0 Å². The number of nitro benzene ring substituents is 1. The minimum Gasteiger partial charge on any atom is -0.380 e. The Hall–Kier alpha value is -1.03. The second kappa shape index (κ2) is 5.75. The van der Waals surface area contributed by atoms with E-state index in [1.54, 1.807) is 7.11 Å². The molecule has 6 heteroatoms. The molecular formula is C9H12NO4P. The smallest absolute Gasteiger partial charge is 0.270 e. The van der Waals surface area contributed by atoms with Crippen LogP contribution in [0.3, 0.4) is 0 Å². The van der Waals surface area contributed by atoms with Crippen molar-refractivity contribution in [2.45, 2.75) is 13.2 Å². The van der Waals surface area contributed by atoms with Crippen LogP contribution in [0.1, 0.15) is 11.1 Å². The summed E-state index contributed by atoms with van der Waals surface area (Å²) in [7, 11) is 3.66. The quantitative estimate of drug-likeness (QED) is 0.440. The molecule has 0 fully saturated rings. The number of hydrogen-bond donors (Lipinski definition) is 0. The zero-order valence-electron chi connectivity index (χ0n) is 8.30. The zero-order valence-corrected chi connectivity index (χ0v) is 9.46. The normalized spacial score (nSPS) is 10.3. The Balaban J connectivity index is 3.02. The van der Waals surface area contributed by atoms with Gasteiger partial charge in [-0.1, -0.05) is 6.07 Å². The molecule has 1 aromatic carbocycles. The Morgan fingerprint density at radius 1 is 1.33 bits per heavy atom. The van der Waals surface area contributed by atoms with E-state index in [4.69, 9.17) is 9.26 Å². The maximum absolute atomic E-state index is 10.6. The van der Waals surface area contributed by atoms with Crippen LogP contribution in [-0.2, 0) is 22.5 Å². The molecule has 1 unspecified atom stereocenters. The lowest BCUT2D eigenvalue weighted by Crippen LogP contribution is -1.96. The van der Waals surface area contributed by atoms with E-state index in [2.05, 4.69) is 9.47 Å². The molecule has 82 valence electrons. The lowest BCUT2D eigenvalue weighted by atomic mass is 10.1. The lowest BCUT2D eigenvalue weighted by molar-refractivity contribution is -0.385. The van der Waals surface area contributed by atoms with Gasteiger partial charge in [-0.15, -0.1) is 0 Å². The molecule has 0 amide bonds. The van der Waals surface area contributed by atoms with Gasteiger partial charge in [-0.3, -0.25) is 10.1 Å². The molecule has 0 saturated carbocycles. The van der Waals surface area contributed by atoms with Crippen molar-refractivity contribution >= 4 is 15.2 Å². The summed E-state index contributed by atoms with van der Waals surface area (Å²) in [5.74, 6) is 0. The number of hydrogen-bond acceptors (Lipinski definition) is 4. The molecule has 15 heavy (non-hydrogen) atoms. The van der Waals surface area contributed by atoms with Crippen molar-refractivity contribution in [2.75, 3.05) is 7.11 Å². The Labute approximate surface area is 89.8 Å². The second-order valence-electron chi connectivity index (χ2n) is 3.01. The van der Waals surface area contributed by atoms with Crippen molar-refractivity contribution in [3.8, 4) is 0 Å². The van der Waals surface area contributed by atoms with Crippen LogP contribution in [0.25, 0.3) is 0 Å². The molecule has 1 aromatic rings. The van der Waals surface area contributed by atoms with Crippen LogP contribution in [0.5, 0.6) is 0 Å². The van der Waals surface area contributed by atoms with E-state index in [-0.39, 0.29) is 5.69 Å². The minimum atomic E-state index is -0.425. The summed E-state index contributed by atoms with van der Waals surface area (Å²) in [6.45, 7) is 0.675. The first-order valence-corrected chi connectivity index (χ1v) is 4.72. The summed E-state index contributed by atoms with van der Waals surface area (Å²) >= 11 is 0. The highest BCUT2D eigenvalue weighted by atomic mass is 31.0. The summed E-state index contributed by atoms with van der Waals surface area (Å²) < 4.78 is 9.78. The molecule has 0 aliphatic heterocycles. The molecule has 0 saturated heterocycles. The third-order valence-electron chi connectivity index (χ3n) is 1.81. The third-order valence-corrected chi connectivity index (χ3v) is 1.98. The highest BCUT2D eigenvalue weighted by Gasteiger charge is 2.09. The Bertz CT molecular complexity index is 332. The van der Waals surface area contributed by atoms with Gasteiger partial charge in [0.25, 0.3) is 5.69 Å². The first kappa shape index (κ1) is 12.0. The van der Waals surface area contributed by atoms with Gasteiger partial charge in [0, 0.05) is 28.7 Å². The lowest BCUT2D eigenvalue weighted by Gasteiger charge is -2.04. The van der Waals surface area contributed by atoms with Crippen molar-refractivity contribution < 1.29 is 14.2 Å². The predicted octanol–water partition coefficient (Wildman–Crippen LogP) is 2.05. The second-order valence-corrected chi connectivity index (χ2v) is 3.34. The fraction of sp³-hybridized carbons (Fsp3) is 0.333. The topological polar surface area (TPSA) is 61.6 Å². The van der Waals surface area contributed by atoms with Crippen molar-refractivity contribution in [3.05, 3.63) is 39.4 Å². The maximum atomic E-state index is 10.6. The molecule has 0 bridgehead atoms. The van der Waals surface area contributed by atoms with Crippen LogP contribution >= 0.6 is 9.47 Å². The summed E-state index contributed by atoms with van der Waals surface area (Å²) in [6.07, 6.45) is 0. The van der Waals surface area contributed by atoms with Crippen LogP contribution < -0.4 is 0 Å². The largest absolute Gasteiger partial charge is 0.380 e. The first-order valence-electron chi connectivity index (χ1n) is 4.25. The van der Waals surface area contributed by atoms with Crippen molar-refractivity contribution in [2.24, 2.45) is 0 Å². The highest BCUT2D eigenvalue weighted by molar-refractivity contribution is 7.09. The highest BCUT2D eigenvalue weighted by Crippen LogP contribution is 2.19. The van der Waals surface area contributed by atoms with E-state index >= 15 is 0 Å². The Kier molecular flexibility index (Phi) is 4.62. The van der Waals surface area contributed by atoms with Crippen LogP contribution in [0, 0.1) is 10.1 Å². The number of rotatable bonds is 5. The molecule has 0 spiro atoms. The van der Waals surface area contributed by atoms with Gasteiger partial charge in [0.05, 0.1) is 18.1 Å². The Morgan fingerprint density at radius 2 is 1.93 bits per heavy atom. The molecule has 1 atom stereocenters. The van der Waals surface area contributed by atoms with Crippen LogP contribution in [-0.4, -0.2) is 12.0 Å². The molecule has 1 rings (SSSR count). The predicted molar refractivity (Wildman–Crippen MR) is 58.3 cm³/mol. The van der Waals surface area contributed by atoms with Crippen LogP contribution in [0.4, 0.5) is 5.69 Å². The average Bonchev–Trinajstić information content (AvgIpc) is 2.18. The number of ether oxygens (including phenoxy) is 1. The SMILES string of the molecule is COCc1cc(COP)cc([N+](=O)[O-])c1. The summed E-state index contributed by atoms with van der Waals surface area (Å²) in [6, 6.07) is 4.81. The number of methoxy groups -OCH3 is 1. The Morgan fingerprint density at radius 3 is 2.40 bits per heavy atom. The molecular weight excluding hydrogens is 217 g/mol. The van der Waals surface area contributed by atoms with Crippen molar-refractivity contribution in [1.29, 1.82) is 0 Å². The van der Waals surface area contributed by atoms with Gasteiger partial charge in [-0.2, -0.15) is 0 Å². The van der Waals surface area contributed by atoms with Gasteiger partial charge >= 0.3 is 0 Å². The monoisotopic (exact) mass is 229 g/mol. The number of benzene rings is 1. The van der Waals surface area contributed by atoms with Crippen molar-refractivity contribution in [1.82, 2.24) is 0 Å². The van der Waals surface area contributed by atoms with Gasteiger partial charge in [-0.25, -0.2) is 0 Å². The van der Waals surface area contributed by atoms with E-state index in [1.807, 2.05) is 6.07 Å². The van der Waals surface area contributed by atoms with E-state index < -0.39 is 4.92 Å². The summed E-state index contributed by atoms with van der Waals surface area (Å²) in [5.41, 5.74) is 1.58. The van der Waals surface area contributed by atoms with E-state index in [0.717, 1.165) is 11.1 Å². The number of nitrogens with zero attached hydrogens (tertiary/aromatic N) is 1. The fourth-order valence-corrected chi connectivity index (χ4v) is 1.47. The standard InChI is InChI=1S/C9H12NO4P/c1-13-5-7-2-8(6-14-15)4-9(3-7)10(11)12/h2-4H,5-6,15H2,1H3. The molecule has 0 radical (unpaired) electrons. The van der Waals surface area contributed by atoms with Gasteiger partial charge in [0.1, 0.15) is 0 Å². The fourth-order valence-electron chi connectivity index (χ4n) is 1.28. The van der Waals surface area contributed by atoms with Gasteiger partial charge < -0.3 is 9.26 Å². The minimum absolute atomic E-state index is 0.0570. The first-order chi connectivity index (χ1) is 7.17. The number of non-ortho nitro benzene ring substituents is 1. The van der Waals surface area contributed by atoms with Crippen LogP contribution in [0.2, 0.25) is 0 Å². The number of nitro groups is 1. The van der Waals surface area contributed by atoms with Gasteiger partial charge in [0.2, 0.25) is 0 Å². The molecule has 0 N–H and O–H groups in total. The maximum Gasteiger partial charge on any atom is 0.270 e. The molecule has 5 nitrogen and oxygen atoms in total. The molecule has 0 heterocycles. The molecule has 0 aliphatic rings. The summed E-state index contributed by atoms with van der Waals surface area (Å²) in [5, 5.41) is 10.6. The van der Waals surface area contributed by atoms with Crippen LogP contribution in [0.15, 0.2) is 18.2 Å².